The Bertz CT molecular complexity index is 1110. The van der Waals surface area contributed by atoms with Gasteiger partial charge in [0.1, 0.15) is 5.82 Å². The molecule has 0 amide bonds. The fraction of sp³-hybridized carbons (Fsp3) is 0.227. The van der Waals surface area contributed by atoms with Gasteiger partial charge in [0.25, 0.3) is 0 Å². The highest BCUT2D eigenvalue weighted by molar-refractivity contribution is 6.15. The number of aromatic amines is 1. The summed E-state index contributed by atoms with van der Waals surface area (Å²) in [6.45, 7) is 4.58. The first-order chi connectivity index (χ1) is 13.8. The van der Waals surface area contributed by atoms with Crippen molar-refractivity contribution in [3.63, 3.8) is 0 Å². The summed E-state index contributed by atoms with van der Waals surface area (Å²) in [5, 5.41) is 3.38. The van der Waals surface area contributed by atoms with Gasteiger partial charge in [-0.3, -0.25) is 9.79 Å². The van der Waals surface area contributed by atoms with Gasteiger partial charge in [-0.1, -0.05) is 12.1 Å². The van der Waals surface area contributed by atoms with Crippen molar-refractivity contribution in [3.05, 3.63) is 81.9 Å². The summed E-state index contributed by atoms with van der Waals surface area (Å²) in [6, 6.07) is 14.0. The molecule has 0 bridgehead atoms. The number of hydrogen-bond acceptors (Lipinski definition) is 5. The number of piperazine rings is 1. The van der Waals surface area contributed by atoms with Crippen LogP contribution in [0.3, 0.4) is 0 Å². The molecule has 3 aromatic rings. The highest BCUT2D eigenvalue weighted by atomic mass is 16.1. The Morgan fingerprint density at radius 3 is 2.64 bits per heavy atom. The second-order valence-corrected chi connectivity index (χ2v) is 7.12. The number of rotatable bonds is 3. The molecule has 0 saturated carbocycles. The van der Waals surface area contributed by atoms with Gasteiger partial charge in [-0.25, -0.2) is 4.98 Å². The van der Waals surface area contributed by atoms with E-state index >= 15 is 0 Å². The zero-order valence-electron chi connectivity index (χ0n) is 15.5. The van der Waals surface area contributed by atoms with Gasteiger partial charge in [0.05, 0.1) is 12.3 Å². The zero-order chi connectivity index (χ0) is 18.9. The molecule has 6 heteroatoms. The van der Waals surface area contributed by atoms with E-state index in [-0.39, 0.29) is 5.56 Å². The summed E-state index contributed by atoms with van der Waals surface area (Å²) < 4.78 is 0. The fourth-order valence-corrected chi connectivity index (χ4v) is 3.87. The lowest BCUT2D eigenvalue weighted by Crippen LogP contribution is -2.43. The summed E-state index contributed by atoms with van der Waals surface area (Å²) >= 11 is 0. The van der Waals surface area contributed by atoms with Crippen molar-refractivity contribution < 1.29 is 0 Å². The minimum atomic E-state index is -0.0957. The van der Waals surface area contributed by atoms with Crippen molar-refractivity contribution >= 4 is 11.5 Å². The van der Waals surface area contributed by atoms with Crippen LogP contribution in [0.2, 0.25) is 0 Å². The first-order valence-electron chi connectivity index (χ1n) is 9.57. The molecule has 2 N–H and O–H groups in total. The zero-order valence-corrected chi connectivity index (χ0v) is 15.5. The van der Waals surface area contributed by atoms with Crippen LogP contribution in [0.4, 0.5) is 5.82 Å². The van der Waals surface area contributed by atoms with E-state index in [2.05, 4.69) is 44.5 Å². The number of fused-ring (bicyclic) bond motifs is 1. The van der Waals surface area contributed by atoms with Crippen molar-refractivity contribution in [2.24, 2.45) is 4.99 Å². The molecule has 2 aliphatic rings. The third-order valence-electron chi connectivity index (χ3n) is 5.34. The third kappa shape index (κ3) is 3.12. The van der Waals surface area contributed by atoms with E-state index in [1.807, 2.05) is 18.3 Å². The number of aromatic nitrogens is 2. The first-order valence-corrected chi connectivity index (χ1v) is 9.57. The molecular formula is C22H21N5O. The van der Waals surface area contributed by atoms with E-state index < -0.39 is 0 Å². The molecule has 0 aliphatic carbocycles. The molecule has 2 aromatic heterocycles. The number of benzene rings is 1. The van der Waals surface area contributed by atoms with Gasteiger partial charge in [-0.2, -0.15) is 0 Å². The molecule has 4 heterocycles. The lowest BCUT2D eigenvalue weighted by Gasteiger charge is -2.28. The normalized spacial score (nSPS) is 16.0. The van der Waals surface area contributed by atoms with Crippen molar-refractivity contribution in [1.29, 1.82) is 0 Å². The molecule has 0 atom stereocenters. The predicted molar refractivity (Wildman–Crippen MR) is 111 cm³/mol. The number of pyridine rings is 2. The average Bonchev–Trinajstić information content (AvgIpc) is 3.18. The Kier molecular flexibility index (Phi) is 4.25. The molecular weight excluding hydrogens is 350 g/mol. The summed E-state index contributed by atoms with van der Waals surface area (Å²) in [4.78, 5) is 26.0. The quantitative estimate of drug-likeness (QED) is 0.740. The average molecular weight is 371 g/mol. The second kappa shape index (κ2) is 7.05. The standard InChI is InChI=1S/C22H21N5O/c28-21-13-16(3-6-25-21)15-1-2-18-14-26-22(19(18)11-15)17-4-5-24-20(12-17)27-9-7-23-8-10-27/h1-6,11-13,23H,7-10,14H2,(H,25,28). The number of nitrogens with zero attached hydrogens (tertiary/aromatic N) is 3. The first kappa shape index (κ1) is 16.9. The number of anilines is 1. The lowest BCUT2D eigenvalue weighted by molar-refractivity contribution is 0.585. The van der Waals surface area contributed by atoms with Gasteiger partial charge < -0.3 is 15.2 Å². The summed E-state index contributed by atoms with van der Waals surface area (Å²) in [5.74, 6) is 1.00. The number of aliphatic imine (C=N–C) groups is 1. The lowest BCUT2D eigenvalue weighted by atomic mass is 9.96. The third-order valence-corrected chi connectivity index (χ3v) is 5.34. The van der Waals surface area contributed by atoms with Crippen LogP contribution in [-0.4, -0.2) is 41.9 Å². The molecule has 2 aliphatic heterocycles. The number of H-pyrrole nitrogens is 1. The van der Waals surface area contributed by atoms with Crippen LogP contribution < -0.4 is 15.8 Å². The minimum absolute atomic E-state index is 0.0957. The molecule has 28 heavy (non-hydrogen) atoms. The van der Waals surface area contributed by atoms with E-state index in [1.54, 1.807) is 12.3 Å². The fourth-order valence-electron chi connectivity index (χ4n) is 3.87. The van der Waals surface area contributed by atoms with Gasteiger partial charge in [-0.05, 0) is 41.0 Å². The highest BCUT2D eigenvalue weighted by Crippen LogP contribution is 2.29. The number of hydrogen-bond donors (Lipinski definition) is 2. The van der Waals surface area contributed by atoms with Gasteiger partial charge in [0.2, 0.25) is 5.56 Å². The Morgan fingerprint density at radius 1 is 0.929 bits per heavy atom. The molecule has 140 valence electrons. The van der Waals surface area contributed by atoms with E-state index in [0.717, 1.165) is 60.0 Å². The Hall–Kier alpha value is -3.25. The van der Waals surface area contributed by atoms with E-state index in [0.29, 0.717) is 6.54 Å². The maximum Gasteiger partial charge on any atom is 0.248 e. The summed E-state index contributed by atoms with van der Waals surface area (Å²) in [5.41, 5.74) is 6.27. The SMILES string of the molecule is O=c1cc(-c2ccc3c(c2)C(c2ccnc(N4CCNCC4)c2)=NC3)cc[nH]1. The molecule has 5 rings (SSSR count). The maximum atomic E-state index is 11.7. The summed E-state index contributed by atoms with van der Waals surface area (Å²) in [7, 11) is 0. The van der Waals surface area contributed by atoms with Crippen molar-refractivity contribution in [2.45, 2.75) is 6.54 Å². The number of nitrogens with one attached hydrogen (secondary N) is 2. The Balaban J connectivity index is 1.51. The van der Waals surface area contributed by atoms with Gasteiger partial charge >= 0.3 is 0 Å². The molecule has 6 nitrogen and oxygen atoms in total. The van der Waals surface area contributed by atoms with E-state index in [9.17, 15) is 4.79 Å². The van der Waals surface area contributed by atoms with Crippen molar-refractivity contribution in [2.75, 3.05) is 31.1 Å². The predicted octanol–water partition coefficient (Wildman–Crippen LogP) is 2.20. The van der Waals surface area contributed by atoms with Gasteiger partial charge in [-0.15, -0.1) is 0 Å². The molecule has 1 fully saturated rings. The smallest absolute Gasteiger partial charge is 0.248 e. The Labute approximate surface area is 163 Å². The van der Waals surface area contributed by atoms with Crippen molar-refractivity contribution in [1.82, 2.24) is 15.3 Å². The van der Waals surface area contributed by atoms with Crippen LogP contribution in [-0.2, 0) is 6.54 Å². The van der Waals surface area contributed by atoms with Crippen LogP contribution in [0.25, 0.3) is 11.1 Å². The Morgan fingerprint density at radius 2 is 1.79 bits per heavy atom. The molecule has 0 spiro atoms. The van der Waals surface area contributed by atoms with Crippen LogP contribution in [0.15, 0.2) is 64.6 Å². The van der Waals surface area contributed by atoms with Crippen LogP contribution in [0, 0.1) is 0 Å². The molecule has 0 radical (unpaired) electrons. The topological polar surface area (TPSA) is 73.4 Å². The van der Waals surface area contributed by atoms with Crippen LogP contribution >= 0.6 is 0 Å². The largest absolute Gasteiger partial charge is 0.354 e. The summed E-state index contributed by atoms with van der Waals surface area (Å²) in [6.07, 6.45) is 3.55. The highest BCUT2D eigenvalue weighted by Gasteiger charge is 2.20. The van der Waals surface area contributed by atoms with Crippen LogP contribution in [0.1, 0.15) is 16.7 Å². The minimum Gasteiger partial charge on any atom is -0.354 e. The second-order valence-electron chi connectivity index (χ2n) is 7.12. The monoisotopic (exact) mass is 371 g/mol. The van der Waals surface area contributed by atoms with Gasteiger partial charge in [0, 0.05) is 55.8 Å². The molecule has 0 unspecified atom stereocenters. The van der Waals surface area contributed by atoms with Crippen LogP contribution in [0.5, 0.6) is 0 Å². The molecule has 1 saturated heterocycles. The van der Waals surface area contributed by atoms with Crippen molar-refractivity contribution in [3.8, 4) is 11.1 Å². The van der Waals surface area contributed by atoms with E-state index in [1.165, 1.54) is 5.56 Å². The van der Waals surface area contributed by atoms with Gasteiger partial charge in [0.15, 0.2) is 0 Å². The molecule has 1 aromatic carbocycles. The maximum absolute atomic E-state index is 11.7. The van der Waals surface area contributed by atoms with E-state index in [4.69, 9.17) is 4.99 Å².